The lowest BCUT2D eigenvalue weighted by atomic mass is 10.0. The van der Waals surface area contributed by atoms with Crippen LogP contribution in [0.3, 0.4) is 0 Å². The molecule has 0 spiro atoms. The van der Waals surface area contributed by atoms with Gasteiger partial charge < -0.3 is 9.64 Å². The van der Waals surface area contributed by atoms with Crippen LogP contribution in [0.15, 0.2) is 60.2 Å². The Balaban J connectivity index is 1.71. The van der Waals surface area contributed by atoms with Gasteiger partial charge in [0.2, 0.25) is 0 Å². The summed E-state index contributed by atoms with van der Waals surface area (Å²) in [4.78, 5) is 14.2. The van der Waals surface area contributed by atoms with Gasteiger partial charge >= 0.3 is 0 Å². The first-order valence-corrected chi connectivity index (χ1v) is 7.90. The lowest BCUT2D eigenvalue weighted by Crippen LogP contribution is -2.32. The molecule has 2 aromatic rings. The average Bonchev–Trinajstić information content (AvgIpc) is 2.58. The second-order valence-electron chi connectivity index (χ2n) is 5.93. The van der Waals surface area contributed by atoms with Crippen LogP contribution in [0, 0.1) is 0 Å². The van der Waals surface area contributed by atoms with E-state index in [4.69, 9.17) is 4.74 Å². The van der Waals surface area contributed by atoms with E-state index >= 15 is 0 Å². The molecule has 0 radical (unpaired) electrons. The van der Waals surface area contributed by atoms with Gasteiger partial charge in [0.15, 0.2) is 5.78 Å². The van der Waals surface area contributed by atoms with Gasteiger partial charge in [0.1, 0.15) is 12.4 Å². The molecule has 1 aliphatic rings. The molecule has 3 nitrogen and oxygen atoms in total. The van der Waals surface area contributed by atoms with Crippen LogP contribution in [0.5, 0.6) is 5.75 Å². The molecule has 0 aliphatic carbocycles. The Hall–Kier alpha value is -2.39. The Kier molecular flexibility index (Phi) is 4.89. The van der Waals surface area contributed by atoms with Crippen molar-refractivity contribution < 1.29 is 9.53 Å². The molecule has 0 atom stereocenters. The van der Waals surface area contributed by atoms with E-state index in [1.807, 2.05) is 67.7 Å². The van der Waals surface area contributed by atoms with Gasteiger partial charge in [-0.1, -0.05) is 42.5 Å². The molecule has 0 amide bonds. The summed E-state index contributed by atoms with van der Waals surface area (Å²) < 4.78 is 5.85. The average molecular weight is 307 g/mol. The number of carbonyl (C=O) groups is 1. The fourth-order valence-electron chi connectivity index (χ4n) is 2.67. The van der Waals surface area contributed by atoms with Gasteiger partial charge in [0.05, 0.1) is 0 Å². The number of rotatable bonds is 4. The minimum absolute atomic E-state index is 0.249. The highest BCUT2D eigenvalue weighted by Crippen LogP contribution is 2.19. The number of likely N-dealkylation sites (N-methyl/N-ethyl adjacent to an activating group) is 1. The number of hydrogen-bond acceptors (Lipinski definition) is 3. The van der Waals surface area contributed by atoms with Crippen LogP contribution in [0.1, 0.15) is 17.5 Å². The molecular formula is C20H21NO2. The number of nitrogens with zero attached hydrogens (tertiary/aromatic N) is 1. The summed E-state index contributed by atoms with van der Waals surface area (Å²) in [5.74, 6) is 1.07. The molecule has 2 aromatic carbocycles. The Morgan fingerprint density at radius 2 is 1.96 bits per heavy atom. The highest BCUT2D eigenvalue weighted by Gasteiger charge is 2.18. The van der Waals surface area contributed by atoms with Crippen LogP contribution in [-0.4, -0.2) is 30.8 Å². The van der Waals surface area contributed by atoms with E-state index in [1.165, 1.54) is 0 Å². The van der Waals surface area contributed by atoms with Crippen LogP contribution in [0.4, 0.5) is 0 Å². The molecule has 0 aromatic heterocycles. The third-order valence-electron chi connectivity index (χ3n) is 3.97. The van der Waals surface area contributed by atoms with E-state index in [0.717, 1.165) is 29.0 Å². The molecule has 0 N–H and O–H groups in total. The molecule has 1 fully saturated rings. The maximum atomic E-state index is 12.0. The lowest BCUT2D eigenvalue weighted by molar-refractivity contribution is -0.117. The van der Waals surface area contributed by atoms with Crippen molar-refractivity contribution in [3.8, 4) is 5.75 Å². The van der Waals surface area contributed by atoms with Crippen LogP contribution in [0.2, 0.25) is 0 Å². The van der Waals surface area contributed by atoms with Crippen molar-refractivity contribution >= 4 is 11.9 Å². The number of piperidine rings is 1. The van der Waals surface area contributed by atoms with Crippen LogP contribution < -0.4 is 4.74 Å². The molecule has 0 saturated carbocycles. The quantitative estimate of drug-likeness (QED) is 0.809. The molecule has 3 rings (SSSR count). The topological polar surface area (TPSA) is 29.5 Å². The van der Waals surface area contributed by atoms with E-state index in [-0.39, 0.29) is 5.78 Å². The Bertz CT molecular complexity index is 707. The smallest absolute Gasteiger partial charge is 0.161 e. The minimum atomic E-state index is 0.249. The van der Waals surface area contributed by atoms with Crippen molar-refractivity contribution in [3.05, 3.63) is 71.3 Å². The fourth-order valence-corrected chi connectivity index (χ4v) is 2.67. The number of hydrogen-bond donors (Lipinski definition) is 0. The third-order valence-corrected chi connectivity index (χ3v) is 3.97. The zero-order chi connectivity index (χ0) is 16.1. The number of Topliss-reactive ketones (excluding diaryl/α,β-unsaturated/α-hetero) is 1. The van der Waals surface area contributed by atoms with Crippen LogP contribution >= 0.6 is 0 Å². The Labute approximate surface area is 137 Å². The molecule has 0 unspecified atom stereocenters. The van der Waals surface area contributed by atoms with Gasteiger partial charge in [0, 0.05) is 25.1 Å². The first-order chi connectivity index (χ1) is 11.2. The molecule has 1 heterocycles. The number of benzene rings is 2. The molecule has 0 bridgehead atoms. The van der Waals surface area contributed by atoms with Crippen molar-refractivity contribution in [2.24, 2.45) is 0 Å². The predicted molar refractivity (Wildman–Crippen MR) is 92.3 cm³/mol. The van der Waals surface area contributed by atoms with Gasteiger partial charge in [-0.05, 0) is 36.4 Å². The van der Waals surface area contributed by atoms with Gasteiger partial charge in [-0.2, -0.15) is 0 Å². The van der Waals surface area contributed by atoms with Crippen molar-refractivity contribution in [3.63, 3.8) is 0 Å². The van der Waals surface area contributed by atoms with Gasteiger partial charge in [-0.25, -0.2) is 0 Å². The molecule has 23 heavy (non-hydrogen) atoms. The second kappa shape index (κ2) is 7.25. The summed E-state index contributed by atoms with van der Waals surface area (Å²) in [5, 5.41) is 0. The summed E-state index contributed by atoms with van der Waals surface area (Å²) in [6, 6.07) is 18.0. The maximum Gasteiger partial charge on any atom is 0.161 e. The monoisotopic (exact) mass is 307 g/mol. The third kappa shape index (κ3) is 4.30. The highest BCUT2D eigenvalue weighted by molar-refractivity contribution is 6.00. The minimum Gasteiger partial charge on any atom is -0.489 e. The largest absolute Gasteiger partial charge is 0.489 e. The molecule has 1 saturated heterocycles. The van der Waals surface area contributed by atoms with E-state index < -0.39 is 0 Å². The molecule has 118 valence electrons. The fraction of sp³-hybridized carbons (Fsp3) is 0.250. The summed E-state index contributed by atoms with van der Waals surface area (Å²) in [6.07, 6.45) is 2.58. The van der Waals surface area contributed by atoms with Gasteiger partial charge in [0.25, 0.3) is 0 Å². The Morgan fingerprint density at radius 3 is 2.78 bits per heavy atom. The van der Waals surface area contributed by atoms with Crippen LogP contribution in [0.25, 0.3) is 6.08 Å². The number of carbonyl (C=O) groups excluding carboxylic acids is 1. The standard InChI is InChI=1S/C20H21NO2/c1-21-11-10-20(22)18(14-21)12-17-8-5-9-19(13-17)23-15-16-6-3-2-4-7-16/h2-9,12-13H,10-11,14-15H2,1H3/b18-12+. The normalized spacial score (nSPS) is 17.4. The summed E-state index contributed by atoms with van der Waals surface area (Å²) in [5.41, 5.74) is 3.02. The van der Waals surface area contributed by atoms with Crippen molar-refractivity contribution in [1.82, 2.24) is 4.90 Å². The van der Waals surface area contributed by atoms with Crippen molar-refractivity contribution in [2.75, 3.05) is 20.1 Å². The molecular weight excluding hydrogens is 286 g/mol. The molecule has 3 heteroatoms. The van der Waals surface area contributed by atoms with Gasteiger partial charge in [-0.3, -0.25) is 4.79 Å². The van der Waals surface area contributed by atoms with E-state index in [1.54, 1.807) is 0 Å². The molecule has 1 aliphatic heterocycles. The summed E-state index contributed by atoms with van der Waals surface area (Å²) in [6.45, 7) is 2.10. The highest BCUT2D eigenvalue weighted by atomic mass is 16.5. The zero-order valence-electron chi connectivity index (χ0n) is 13.4. The van der Waals surface area contributed by atoms with Crippen molar-refractivity contribution in [1.29, 1.82) is 0 Å². The maximum absolute atomic E-state index is 12.0. The predicted octanol–water partition coefficient (Wildman–Crippen LogP) is 3.55. The number of likely N-dealkylation sites (tertiary alicyclic amines) is 1. The van der Waals surface area contributed by atoms with E-state index in [0.29, 0.717) is 19.6 Å². The summed E-state index contributed by atoms with van der Waals surface area (Å²) in [7, 11) is 2.04. The van der Waals surface area contributed by atoms with E-state index in [2.05, 4.69) is 4.90 Å². The van der Waals surface area contributed by atoms with Crippen molar-refractivity contribution in [2.45, 2.75) is 13.0 Å². The first-order valence-electron chi connectivity index (χ1n) is 7.90. The number of ether oxygens (including phenoxy) is 1. The SMILES string of the molecule is CN1CCC(=O)/C(=C/c2cccc(OCc3ccccc3)c2)C1. The second-order valence-corrected chi connectivity index (χ2v) is 5.93. The first kappa shape index (κ1) is 15.5. The van der Waals surface area contributed by atoms with Crippen LogP contribution in [-0.2, 0) is 11.4 Å². The van der Waals surface area contributed by atoms with E-state index in [9.17, 15) is 4.79 Å². The van der Waals surface area contributed by atoms with Gasteiger partial charge in [-0.15, -0.1) is 0 Å². The zero-order valence-corrected chi connectivity index (χ0v) is 13.4. The number of ketones is 1. The Morgan fingerprint density at radius 1 is 1.13 bits per heavy atom. The summed E-state index contributed by atoms with van der Waals surface area (Å²) >= 11 is 0. The lowest BCUT2D eigenvalue weighted by Gasteiger charge is -2.23.